The van der Waals surface area contributed by atoms with Crippen LogP contribution >= 0.6 is 0 Å². The maximum absolute atomic E-state index is 12.8. The highest BCUT2D eigenvalue weighted by Gasteiger charge is 2.13. The largest absolute Gasteiger partial charge is 0.338 e. The normalized spacial score (nSPS) is 10.7. The van der Waals surface area contributed by atoms with E-state index in [4.69, 9.17) is 4.52 Å². The van der Waals surface area contributed by atoms with E-state index >= 15 is 0 Å². The lowest BCUT2D eigenvalue weighted by Gasteiger charge is -1.99. The van der Waals surface area contributed by atoms with Crippen molar-refractivity contribution in [2.24, 2.45) is 0 Å². The highest BCUT2D eigenvalue weighted by atomic mass is 19.1. The van der Waals surface area contributed by atoms with Gasteiger partial charge in [0.15, 0.2) is 0 Å². The average molecular weight is 249 g/mol. The molecule has 0 aliphatic carbocycles. The van der Waals surface area contributed by atoms with E-state index in [0.29, 0.717) is 0 Å². The zero-order valence-corrected chi connectivity index (χ0v) is 9.98. The van der Waals surface area contributed by atoms with Gasteiger partial charge in [-0.05, 0) is 18.1 Å². The smallest absolute Gasteiger partial charge is 0.276 e. The first kappa shape index (κ1) is 12.2. The highest BCUT2D eigenvalue weighted by Crippen LogP contribution is 2.17. The molecule has 0 spiro atoms. The molecule has 1 N–H and O–H groups in total. The molecule has 5 nitrogen and oxygen atoms in total. The van der Waals surface area contributed by atoms with Gasteiger partial charge in [-0.25, -0.2) is 4.98 Å². The SMILES string of the molecule is CC(C)c1cc(NC(=O)c2cccc(F)n2)on1. The summed E-state index contributed by atoms with van der Waals surface area (Å²) in [7, 11) is 0. The van der Waals surface area contributed by atoms with Crippen molar-refractivity contribution in [2.45, 2.75) is 19.8 Å². The van der Waals surface area contributed by atoms with Crippen LogP contribution in [-0.4, -0.2) is 16.0 Å². The summed E-state index contributed by atoms with van der Waals surface area (Å²) < 4.78 is 17.8. The quantitative estimate of drug-likeness (QED) is 0.849. The summed E-state index contributed by atoms with van der Waals surface area (Å²) in [5, 5.41) is 6.26. The molecule has 0 aromatic carbocycles. The third-order valence-electron chi connectivity index (χ3n) is 2.30. The number of hydrogen-bond acceptors (Lipinski definition) is 4. The van der Waals surface area contributed by atoms with Crippen molar-refractivity contribution in [3.8, 4) is 0 Å². The van der Waals surface area contributed by atoms with Gasteiger partial charge in [0.1, 0.15) is 5.69 Å². The van der Waals surface area contributed by atoms with Gasteiger partial charge in [0, 0.05) is 6.07 Å². The summed E-state index contributed by atoms with van der Waals surface area (Å²) >= 11 is 0. The molecule has 18 heavy (non-hydrogen) atoms. The van der Waals surface area contributed by atoms with Crippen molar-refractivity contribution < 1.29 is 13.7 Å². The number of carbonyl (C=O) groups excluding carboxylic acids is 1. The van der Waals surface area contributed by atoms with Crippen molar-refractivity contribution in [1.82, 2.24) is 10.1 Å². The second-order valence-corrected chi connectivity index (χ2v) is 4.07. The number of anilines is 1. The third kappa shape index (κ3) is 2.71. The topological polar surface area (TPSA) is 68.0 Å². The van der Waals surface area contributed by atoms with Crippen LogP contribution in [0.4, 0.5) is 10.3 Å². The predicted octanol–water partition coefficient (Wildman–Crippen LogP) is 2.58. The van der Waals surface area contributed by atoms with E-state index in [1.165, 1.54) is 18.2 Å². The van der Waals surface area contributed by atoms with Gasteiger partial charge in [0.05, 0.1) is 5.69 Å². The van der Waals surface area contributed by atoms with Crippen molar-refractivity contribution in [2.75, 3.05) is 5.32 Å². The lowest BCUT2D eigenvalue weighted by Crippen LogP contribution is -2.13. The first-order chi connectivity index (χ1) is 8.56. The molecule has 0 bridgehead atoms. The maximum Gasteiger partial charge on any atom is 0.276 e. The Morgan fingerprint density at radius 2 is 2.22 bits per heavy atom. The Morgan fingerprint density at radius 1 is 1.44 bits per heavy atom. The van der Waals surface area contributed by atoms with Gasteiger partial charge in [-0.2, -0.15) is 4.39 Å². The van der Waals surface area contributed by atoms with Crippen LogP contribution in [0.25, 0.3) is 0 Å². The number of amides is 1. The molecule has 0 atom stereocenters. The minimum absolute atomic E-state index is 0.0162. The van der Waals surface area contributed by atoms with Gasteiger partial charge in [-0.15, -0.1) is 0 Å². The molecule has 2 rings (SSSR count). The fourth-order valence-electron chi connectivity index (χ4n) is 1.33. The summed E-state index contributed by atoms with van der Waals surface area (Å²) in [6.07, 6.45) is 0. The predicted molar refractivity (Wildman–Crippen MR) is 62.7 cm³/mol. The summed E-state index contributed by atoms with van der Waals surface area (Å²) in [5.74, 6) is -0.828. The maximum atomic E-state index is 12.8. The minimum Gasteiger partial charge on any atom is -0.338 e. The first-order valence-electron chi connectivity index (χ1n) is 5.47. The van der Waals surface area contributed by atoms with Crippen LogP contribution in [0, 0.1) is 5.95 Å². The molecule has 0 fully saturated rings. The fraction of sp³-hybridized carbons (Fsp3) is 0.250. The number of hydrogen-bond donors (Lipinski definition) is 1. The Labute approximate surface area is 103 Å². The summed E-state index contributed by atoms with van der Waals surface area (Å²) in [6.45, 7) is 3.91. The molecule has 0 unspecified atom stereocenters. The van der Waals surface area contributed by atoms with Gasteiger partial charge in [-0.1, -0.05) is 25.1 Å². The van der Waals surface area contributed by atoms with E-state index in [1.54, 1.807) is 6.07 Å². The molecule has 2 aromatic rings. The van der Waals surface area contributed by atoms with Crippen LogP contribution < -0.4 is 5.32 Å². The van der Waals surface area contributed by atoms with E-state index in [0.717, 1.165) is 5.69 Å². The van der Waals surface area contributed by atoms with Crippen molar-refractivity contribution >= 4 is 11.8 Å². The van der Waals surface area contributed by atoms with Crippen LogP contribution in [0.1, 0.15) is 35.9 Å². The van der Waals surface area contributed by atoms with Gasteiger partial charge in [0.25, 0.3) is 5.91 Å². The fourth-order valence-corrected chi connectivity index (χ4v) is 1.33. The number of halogens is 1. The molecule has 1 amide bonds. The molecule has 0 saturated carbocycles. The van der Waals surface area contributed by atoms with E-state index in [9.17, 15) is 9.18 Å². The highest BCUT2D eigenvalue weighted by molar-refractivity contribution is 6.01. The van der Waals surface area contributed by atoms with Crippen molar-refractivity contribution in [1.29, 1.82) is 0 Å². The summed E-state index contributed by atoms with van der Waals surface area (Å²) in [4.78, 5) is 15.2. The molecular formula is C12H12FN3O2. The van der Waals surface area contributed by atoms with Crippen LogP contribution in [0.15, 0.2) is 28.8 Å². The molecule has 2 aromatic heterocycles. The molecule has 0 aliphatic heterocycles. The second kappa shape index (κ2) is 4.95. The van der Waals surface area contributed by atoms with Crippen LogP contribution in [0.3, 0.4) is 0 Å². The minimum atomic E-state index is -0.705. The molecular weight excluding hydrogens is 237 g/mol. The zero-order chi connectivity index (χ0) is 13.1. The lowest BCUT2D eigenvalue weighted by molar-refractivity contribution is 0.101. The molecule has 0 aliphatic rings. The Hall–Kier alpha value is -2.24. The lowest BCUT2D eigenvalue weighted by atomic mass is 10.1. The van der Waals surface area contributed by atoms with Crippen LogP contribution in [0.5, 0.6) is 0 Å². The molecule has 0 radical (unpaired) electrons. The van der Waals surface area contributed by atoms with Gasteiger partial charge in [-0.3, -0.25) is 10.1 Å². The molecule has 0 saturated heterocycles. The Kier molecular flexibility index (Phi) is 3.36. The van der Waals surface area contributed by atoms with Crippen molar-refractivity contribution in [3.63, 3.8) is 0 Å². The third-order valence-corrected chi connectivity index (χ3v) is 2.30. The Bertz CT molecular complexity index is 566. The molecule has 2 heterocycles. The molecule has 94 valence electrons. The van der Waals surface area contributed by atoms with Crippen LogP contribution in [-0.2, 0) is 0 Å². The second-order valence-electron chi connectivity index (χ2n) is 4.07. The van der Waals surface area contributed by atoms with Gasteiger partial charge >= 0.3 is 0 Å². The van der Waals surface area contributed by atoms with E-state index in [-0.39, 0.29) is 17.5 Å². The Balaban J connectivity index is 2.11. The molecule has 6 heteroatoms. The summed E-state index contributed by atoms with van der Waals surface area (Å²) in [5.41, 5.74) is 0.718. The van der Waals surface area contributed by atoms with Crippen LogP contribution in [0.2, 0.25) is 0 Å². The van der Waals surface area contributed by atoms with E-state index < -0.39 is 11.9 Å². The van der Waals surface area contributed by atoms with Gasteiger partial charge in [0.2, 0.25) is 11.8 Å². The van der Waals surface area contributed by atoms with E-state index in [2.05, 4.69) is 15.5 Å². The monoisotopic (exact) mass is 249 g/mol. The number of aromatic nitrogens is 2. The van der Waals surface area contributed by atoms with Gasteiger partial charge < -0.3 is 4.52 Å². The van der Waals surface area contributed by atoms with E-state index in [1.807, 2.05) is 13.8 Å². The average Bonchev–Trinajstić information content (AvgIpc) is 2.77. The standard InChI is InChI=1S/C12H12FN3O2/c1-7(2)9-6-11(18-16-9)15-12(17)8-4-3-5-10(13)14-8/h3-7H,1-2H3,(H,15,17). The first-order valence-corrected chi connectivity index (χ1v) is 5.47. The van der Waals surface area contributed by atoms with Crippen molar-refractivity contribution in [3.05, 3.63) is 41.6 Å². The summed E-state index contributed by atoms with van der Waals surface area (Å²) in [6, 6.07) is 5.62. The zero-order valence-electron chi connectivity index (χ0n) is 9.98. The number of nitrogens with one attached hydrogen (secondary N) is 1. The number of rotatable bonds is 3. The number of carbonyl (C=O) groups is 1. The Morgan fingerprint density at radius 3 is 2.83 bits per heavy atom. The number of nitrogens with zero attached hydrogens (tertiary/aromatic N) is 2. The number of pyridine rings is 1.